The summed E-state index contributed by atoms with van der Waals surface area (Å²) in [5, 5.41) is 36.2. The molecule has 1 heterocycles. The van der Waals surface area contributed by atoms with Gasteiger partial charge < -0.3 is 34.2 Å². The van der Waals surface area contributed by atoms with Gasteiger partial charge in [-0.15, -0.1) is 6.58 Å². The number of benzene rings is 2. The van der Waals surface area contributed by atoms with Gasteiger partial charge in [0.2, 0.25) is 11.7 Å². The van der Waals surface area contributed by atoms with Crippen molar-refractivity contribution in [2.24, 2.45) is 28.8 Å². The molecule has 6 atom stereocenters. The maximum atomic E-state index is 14.6. The second-order valence-electron chi connectivity index (χ2n) is 16.3. The summed E-state index contributed by atoms with van der Waals surface area (Å²) < 4.78 is 20.7. The zero-order valence-electron chi connectivity index (χ0n) is 34.4. The zero-order valence-corrected chi connectivity index (χ0v) is 34.4. The number of nitro groups is 1. The van der Waals surface area contributed by atoms with Crippen molar-refractivity contribution in [1.82, 2.24) is 4.90 Å². The highest BCUT2D eigenvalue weighted by Crippen LogP contribution is 2.62. The molecule has 0 unspecified atom stereocenters. The van der Waals surface area contributed by atoms with E-state index in [1.807, 2.05) is 30.0 Å². The number of hydrogen-bond donors (Lipinski definition) is 2. The van der Waals surface area contributed by atoms with Crippen LogP contribution >= 0.6 is 0 Å². The number of nitrogens with zero attached hydrogens (tertiary/aromatic N) is 3. The van der Waals surface area contributed by atoms with Crippen molar-refractivity contribution in [3.63, 3.8) is 0 Å². The molecule has 12 heteroatoms. The molecule has 1 amide bonds. The number of fused-ring (bicyclic) bond motifs is 2. The van der Waals surface area contributed by atoms with Crippen LogP contribution in [0.15, 0.2) is 71.9 Å². The standard InChI is InChI=1S/C46H63N3O9/c1-4-24-48(43(52)23-20-32-14-7-8-15-32)42-31-40(47-56-6-3)38-28-33(16-9-11-25-50)37(19-10-12-26-51)44-39-30-36(57-35-18-13-17-34(29-35)49(53)54)21-22-41(39)58-46(42,45(38)44)55-27-5-2/h5,13,17-18,21-22,28-30,32-33,37,42,44-45,50-51H,2,4,6-12,14-16,19-20,23-27,31H2,1,3H3/t33-,37+,42-,44+,45+,46+/m0/s1. The highest BCUT2D eigenvalue weighted by molar-refractivity contribution is 6.03. The number of rotatable bonds is 22. The number of hydrogen-bond acceptors (Lipinski definition) is 10. The molecule has 0 spiro atoms. The van der Waals surface area contributed by atoms with Crippen molar-refractivity contribution in [1.29, 1.82) is 0 Å². The fourth-order valence-corrected chi connectivity index (χ4v) is 10.1. The van der Waals surface area contributed by atoms with Crippen molar-refractivity contribution in [3.05, 3.63) is 82.4 Å². The number of nitro benzene ring substituents is 1. The molecule has 12 nitrogen and oxygen atoms in total. The number of carbonyl (C=O) groups excluding carboxylic acids is 1. The van der Waals surface area contributed by atoms with Crippen molar-refractivity contribution in [3.8, 4) is 17.2 Å². The number of amides is 1. The first-order valence-electron chi connectivity index (χ1n) is 21.7. The first-order chi connectivity index (χ1) is 28.3. The molecule has 0 radical (unpaired) electrons. The molecule has 2 aromatic carbocycles. The van der Waals surface area contributed by atoms with Crippen molar-refractivity contribution in [2.45, 2.75) is 121 Å². The van der Waals surface area contributed by atoms with Crippen molar-refractivity contribution in [2.75, 3.05) is 33.0 Å². The van der Waals surface area contributed by atoms with Crippen LogP contribution in [0.25, 0.3) is 0 Å². The summed E-state index contributed by atoms with van der Waals surface area (Å²) in [7, 11) is 0. The van der Waals surface area contributed by atoms with E-state index in [9.17, 15) is 25.1 Å². The van der Waals surface area contributed by atoms with Crippen LogP contribution in [0.1, 0.15) is 115 Å². The van der Waals surface area contributed by atoms with Gasteiger partial charge in [-0.05, 0) is 93.0 Å². The highest BCUT2D eigenvalue weighted by Gasteiger charge is 2.65. The maximum absolute atomic E-state index is 14.6. The molecule has 4 aliphatic rings. The lowest BCUT2D eigenvalue weighted by Gasteiger charge is -2.60. The molecule has 0 aromatic heterocycles. The van der Waals surface area contributed by atoms with E-state index in [4.69, 9.17) is 24.2 Å². The van der Waals surface area contributed by atoms with Gasteiger partial charge >= 0.3 is 0 Å². The average Bonchev–Trinajstić information content (AvgIpc) is 3.76. The van der Waals surface area contributed by atoms with E-state index in [1.165, 1.54) is 37.8 Å². The largest absolute Gasteiger partial charge is 0.459 e. The molecule has 0 bridgehead atoms. The molecule has 0 saturated heterocycles. The maximum Gasteiger partial charge on any atom is 0.273 e. The molecule has 2 saturated carbocycles. The number of oxime groups is 1. The Morgan fingerprint density at radius 2 is 1.81 bits per heavy atom. The number of ether oxygens (including phenoxy) is 3. The van der Waals surface area contributed by atoms with Gasteiger partial charge in [-0.3, -0.25) is 14.9 Å². The first kappa shape index (κ1) is 43.3. The van der Waals surface area contributed by atoms with Crippen molar-refractivity contribution < 1.29 is 39.0 Å². The van der Waals surface area contributed by atoms with Gasteiger partial charge in [0.15, 0.2) is 0 Å². The fourth-order valence-electron chi connectivity index (χ4n) is 10.1. The second-order valence-corrected chi connectivity index (χ2v) is 16.3. The summed E-state index contributed by atoms with van der Waals surface area (Å²) in [5.74, 6) is 0.361. The fraction of sp³-hybridized carbons (Fsp3) is 0.609. The van der Waals surface area contributed by atoms with Crippen LogP contribution in [-0.4, -0.2) is 76.5 Å². The molecule has 3 aliphatic carbocycles. The summed E-state index contributed by atoms with van der Waals surface area (Å²) in [4.78, 5) is 33.7. The number of carbonyl (C=O) groups is 1. The van der Waals surface area contributed by atoms with Gasteiger partial charge in [0, 0.05) is 50.1 Å². The minimum Gasteiger partial charge on any atom is -0.459 e. The Hall–Kier alpha value is -4.26. The lowest BCUT2D eigenvalue weighted by molar-refractivity contribution is -0.384. The van der Waals surface area contributed by atoms with E-state index < -0.39 is 22.7 Å². The number of aliphatic hydroxyl groups excluding tert-OH is 2. The summed E-state index contributed by atoms with van der Waals surface area (Å²) in [5.41, 5.74) is 2.62. The van der Waals surface area contributed by atoms with Crippen LogP contribution < -0.4 is 9.47 Å². The Balaban J connectivity index is 1.54. The minimum atomic E-state index is -1.31. The Labute approximate surface area is 343 Å². The van der Waals surface area contributed by atoms with Crippen LogP contribution in [0.3, 0.4) is 0 Å². The SMILES string of the molecule is C=CCO[C@@]12Oc3ccc(Oc4cccc([N+](=O)[O-])c4)cc3[C@H]3[C@H](CCCCO)[C@@H](CCCCO)C=C(C(=NOCC)C[C@@H]1N(CCC)C(=O)CCC1CCCC1)[C@H]32. The molecule has 2 N–H and O–H groups in total. The van der Waals surface area contributed by atoms with E-state index in [0.29, 0.717) is 62.0 Å². The highest BCUT2D eigenvalue weighted by atomic mass is 16.7. The molecule has 2 aromatic rings. The number of non-ortho nitro benzene ring substituents is 1. The van der Waals surface area contributed by atoms with Crippen molar-refractivity contribution >= 4 is 17.3 Å². The number of unbranched alkanes of at least 4 members (excludes halogenated alkanes) is 2. The third kappa shape index (κ3) is 9.61. The van der Waals surface area contributed by atoms with Gasteiger partial charge in [-0.2, -0.15) is 0 Å². The molecule has 6 rings (SSSR count). The van der Waals surface area contributed by atoms with Gasteiger partial charge in [0.25, 0.3) is 5.69 Å². The second kappa shape index (κ2) is 20.6. The summed E-state index contributed by atoms with van der Waals surface area (Å²) in [6.07, 6.45) is 15.9. The van der Waals surface area contributed by atoms with E-state index in [1.54, 1.807) is 18.2 Å². The molecule has 2 fully saturated rings. The predicted molar refractivity (Wildman–Crippen MR) is 223 cm³/mol. The summed E-state index contributed by atoms with van der Waals surface area (Å²) in [6.45, 7) is 9.34. The normalized spacial score (nSPS) is 25.6. The third-order valence-electron chi connectivity index (χ3n) is 12.6. The van der Waals surface area contributed by atoms with Gasteiger partial charge in [-0.1, -0.05) is 68.8 Å². The molecular weight excluding hydrogens is 739 g/mol. The molecular formula is C46H63N3O9. The molecule has 58 heavy (non-hydrogen) atoms. The number of allylic oxidation sites excluding steroid dienone is 1. The predicted octanol–water partition coefficient (Wildman–Crippen LogP) is 9.25. The Morgan fingerprint density at radius 3 is 2.52 bits per heavy atom. The third-order valence-corrected chi connectivity index (χ3v) is 12.6. The summed E-state index contributed by atoms with van der Waals surface area (Å²) in [6, 6.07) is 11.3. The zero-order chi connectivity index (χ0) is 41.1. The Kier molecular flexibility index (Phi) is 15.4. The lowest BCUT2D eigenvalue weighted by atomic mass is 9.55. The molecule has 1 aliphatic heterocycles. The smallest absolute Gasteiger partial charge is 0.273 e. The average molecular weight is 802 g/mol. The van der Waals surface area contributed by atoms with Gasteiger partial charge in [0.1, 0.15) is 29.9 Å². The topological polar surface area (TPSA) is 153 Å². The van der Waals surface area contributed by atoms with Gasteiger partial charge in [-0.25, -0.2) is 0 Å². The quantitative estimate of drug-likeness (QED) is 0.0514. The van der Waals surface area contributed by atoms with E-state index in [2.05, 4.69) is 19.6 Å². The van der Waals surface area contributed by atoms with Crippen LogP contribution in [0, 0.1) is 33.8 Å². The van der Waals surface area contributed by atoms with Gasteiger partial charge in [0.05, 0.1) is 29.2 Å². The van der Waals surface area contributed by atoms with E-state index in [0.717, 1.165) is 55.4 Å². The minimum absolute atomic E-state index is 0.0613. The molecule has 316 valence electrons. The number of aliphatic hydroxyl groups is 2. The van der Waals surface area contributed by atoms with E-state index in [-0.39, 0.29) is 49.2 Å². The lowest BCUT2D eigenvalue weighted by Crippen LogP contribution is -2.70. The first-order valence-corrected chi connectivity index (χ1v) is 21.7. The Morgan fingerprint density at radius 1 is 1.05 bits per heavy atom. The van der Waals surface area contributed by atoms with Crippen LogP contribution in [-0.2, 0) is 14.4 Å². The summed E-state index contributed by atoms with van der Waals surface area (Å²) >= 11 is 0. The monoisotopic (exact) mass is 801 g/mol. The van der Waals surface area contributed by atoms with Crippen LogP contribution in [0.5, 0.6) is 17.2 Å². The van der Waals surface area contributed by atoms with E-state index >= 15 is 0 Å². The Bertz CT molecular complexity index is 1770. The van der Waals surface area contributed by atoms with Crippen LogP contribution in [0.4, 0.5) is 5.69 Å². The van der Waals surface area contributed by atoms with Crippen LogP contribution in [0.2, 0.25) is 0 Å².